The van der Waals surface area contributed by atoms with Crippen molar-refractivity contribution in [2.24, 2.45) is 5.92 Å². The van der Waals surface area contributed by atoms with Gasteiger partial charge in [0.2, 0.25) is 5.91 Å². The number of nitrogens with one attached hydrogen (secondary N) is 2. The van der Waals surface area contributed by atoms with Crippen LogP contribution >= 0.6 is 11.3 Å². The zero-order valence-corrected chi connectivity index (χ0v) is 23.1. The fourth-order valence-corrected chi connectivity index (χ4v) is 7.38. The molecule has 2 N–H and O–H groups in total. The maximum absolute atomic E-state index is 13.4. The smallest absolute Gasteiger partial charge is 0.323 e. The van der Waals surface area contributed by atoms with Gasteiger partial charge >= 0.3 is 15.0 Å². The van der Waals surface area contributed by atoms with Crippen molar-refractivity contribution >= 4 is 39.0 Å². The number of hydrogen-bond acceptors (Lipinski definition) is 7. The second kappa shape index (κ2) is 12.4. The van der Waals surface area contributed by atoms with Gasteiger partial charge in [0, 0.05) is 23.6 Å². The zero-order chi connectivity index (χ0) is 27.3. The molecule has 2 aromatic heterocycles. The Bertz CT molecular complexity index is 1270. The first-order chi connectivity index (χ1) is 18.1. The summed E-state index contributed by atoms with van der Waals surface area (Å²) in [6.07, 6.45) is 7.50. The number of Topliss-reactive ketones (excluding diaryl/α,β-unsaturated/α-hetero) is 1. The summed E-state index contributed by atoms with van der Waals surface area (Å²) in [7, 11) is -4.19. The molecule has 1 unspecified atom stereocenters. The van der Waals surface area contributed by atoms with E-state index >= 15 is 0 Å². The van der Waals surface area contributed by atoms with Crippen LogP contribution in [-0.4, -0.2) is 55.5 Å². The van der Waals surface area contributed by atoms with Crippen molar-refractivity contribution in [3.63, 3.8) is 0 Å². The highest BCUT2D eigenvalue weighted by Gasteiger charge is 2.37. The molecule has 2 aromatic rings. The summed E-state index contributed by atoms with van der Waals surface area (Å²) in [5.41, 5.74) is 0. The molecule has 0 radical (unpaired) electrons. The normalized spacial score (nSPS) is 20.4. The van der Waals surface area contributed by atoms with Crippen LogP contribution in [0.15, 0.2) is 41.6 Å². The predicted molar refractivity (Wildman–Crippen MR) is 142 cm³/mol. The first-order valence-corrected chi connectivity index (χ1v) is 15.3. The quantitative estimate of drug-likeness (QED) is 0.374. The van der Waals surface area contributed by atoms with Crippen LogP contribution in [0.5, 0.6) is 0 Å². The van der Waals surface area contributed by atoms with E-state index < -0.39 is 45.4 Å². The van der Waals surface area contributed by atoms with Crippen molar-refractivity contribution in [3.8, 4) is 0 Å². The molecule has 0 bridgehead atoms. The van der Waals surface area contributed by atoms with Gasteiger partial charge in [0.1, 0.15) is 6.04 Å². The van der Waals surface area contributed by atoms with E-state index in [0.717, 1.165) is 41.1 Å². The Balaban J connectivity index is 1.45. The first kappa shape index (κ1) is 28.2. The molecular formula is C26H34N4O6S2. The molecule has 2 fully saturated rings. The summed E-state index contributed by atoms with van der Waals surface area (Å²) < 4.78 is 27.3. The molecule has 1 saturated heterocycles. The van der Waals surface area contributed by atoms with Crippen LogP contribution < -0.4 is 15.4 Å². The number of carbonyl (C=O) groups is 3. The number of nitrogens with zero attached hydrogens (tertiary/aromatic N) is 2. The average Bonchev–Trinajstić information content (AvgIpc) is 3.25. The van der Waals surface area contributed by atoms with Gasteiger partial charge in [0.05, 0.1) is 17.5 Å². The third kappa shape index (κ3) is 6.78. The fraction of sp³-hybridized carbons (Fsp3) is 0.538. The van der Waals surface area contributed by atoms with Crippen LogP contribution in [-0.2, 0) is 19.6 Å². The van der Waals surface area contributed by atoms with Crippen molar-refractivity contribution in [1.82, 2.24) is 14.9 Å². The van der Waals surface area contributed by atoms with Gasteiger partial charge in [-0.3, -0.25) is 14.4 Å². The van der Waals surface area contributed by atoms with Gasteiger partial charge < -0.3 is 15.8 Å². The molecule has 1 aliphatic heterocycles. The second-order valence-corrected chi connectivity index (χ2v) is 13.2. The predicted octanol–water partition coefficient (Wildman–Crippen LogP) is 2.30. The van der Waals surface area contributed by atoms with Gasteiger partial charge in [-0.1, -0.05) is 32.1 Å². The van der Waals surface area contributed by atoms with Crippen molar-refractivity contribution in [3.05, 3.63) is 51.5 Å². The number of pyridine rings is 1. The standard InChI is InChI=1S/C26H34N4O6S2/c1-18-12-13-23(37-18)26(33)28-21(16-19-8-3-2-4-9-19)25(32)27-20-10-7-14-29(17-22(20)31)38(35,36)24-11-5-6-15-30(24)34/h5-6,11-13,15,19-21H,2-4,7-10,14,16-17H2,1H3,(H,27,32)(H,28,33)/t20-,21?/m0/s1. The number of aromatic nitrogens is 1. The molecule has 2 aliphatic rings. The van der Waals surface area contributed by atoms with Crippen molar-refractivity contribution in [1.29, 1.82) is 0 Å². The number of carbonyl (C=O) groups excluding carboxylic acids is 3. The Morgan fingerprint density at radius 3 is 2.58 bits per heavy atom. The minimum absolute atomic E-state index is 0.0509. The fourth-order valence-electron chi connectivity index (χ4n) is 5.14. The summed E-state index contributed by atoms with van der Waals surface area (Å²) in [6.45, 7) is 1.51. The van der Waals surface area contributed by atoms with E-state index in [1.807, 2.05) is 13.0 Å². The monoisotopic (exact) mass is 562 g/mol. The molecule has 10 nitrogen and oxygen atoms in total. The number of aryl methyl sites for hydroxylation is 1. The molecule has 206 valence electrons. The minimum Gasteiger partial charge on any atom is -0.618 e. The van der Waals surface area contributed by atoms with Crippen LogP contribution in [0, 0.1) is 18.0 Å². The van der Waals surface area contributed by atoms with E-state index in [0.29, 0.717) is 23.6 Å². The van der Waals surface area contributed by atoms with Crippen molar-refractivity contribution < 1.29 is 27.5 Å². The SMILES string of the molecule is Cc1ccc(C(=O)NC(CC2CCCCC2)C(=O)N[C@H]2CCCN(S(=O)(=O)c3cccc[n+]3[O-])CC2=O)s1. The lowest BCUT2D eigenvalue weighted by Crippen LogP contribution is -2.53. The molecule has 1 aliphatic carbocycles. The largest absolute Gasteiger partial charge is 0.618 e. The molecule has 38 heavy (non-hydrogen) atoms. The average molecular weight is 563 g/mol. The number of hydrogen-bond donors (Lipinski definition) is 2. The molecule has 4 rings (SSSR count). The highest BCUT2D eigenvalue weighted by Crippen LogP contribution is 2.28. The lowest BCUT2D eigenvalue weighted by molar-refractivity contribution is -0.646. The number of rotatable bonds is 8. The van der Waals surface area contributed by atoms with Gasteiger partial charge in [0.15, 0.2) is 12.0 Å². The third-order valence-corrected chi connectivity index (χ3v) is 10.0. The first-order valence-electron chi connectivity index (χ1n) is 13.0. The Labute approximate surface area is 227 Å². The van der Waals surface area contributed by atoms with Gasteiger partial charge in [-0.2, -0.15) is 9.04 Å². The number of ketones is 1. The van der Waals surface area contributed by atoms with E-state index in [2.05, 4.69) is 10.6 Å². The molecule has 2 atom stereocenters. The van der Waals surface area contributed by atoms with Crippen LogP contribution in [0.3, 0.4) is 0 Å². The Hall–Kier alpha value is -2.83. The van der Waals surface area contributed by atoms with Gasteiger partial charge in [-0.25, -0.2) is 8.42 Å². The van der Waals surface area contributed by atoms with Gasteiger partial charge in [-0.05, 0) is 50.3 Å². The molecule has 3 heterocycles. The second-order valence-electron chi connectivity index (χ2n) is 10.0. The highest BCUT2D eigenvalue weighted by molar-refractivity contribution is 7.89. The van der Waals surface area contributed by atoms with Crippen LogP contribution in [0.2, 0.25) is 0 Å². The topological polar surface area (TPSA) is 140 Å². The molecule has 0 spiro atoms. The Kier molecular flexibility index (Phi) is 9.16. The molecule has 2 amide bonds. The van der Waals surface area contributed by atoms with E-state index in [4.69, 9.17) is 0 Å². The summed E-state index contributed by atoms with van der Waals surface area (Å²) in [4.78, 5) is 40.9. The lowest BCUT2D eigenvalue weighted by atomic mass is 9.84. The summed E-state index contributed by atoms with van der Waals surface area (Å²) in [6, 6.07) is 5.97. The maximum atomic E-state index is 13.4. The highest BCUT2D eigenvalue weighted by atomic mass is 32.2. The maximum Gasteiger partial charge on any atom is 0.323 e. The van der Waals surface area contributed by atoms with E-state index in [9.17, 15) is 28.0 Å². The summed E-state index contributed by atoms with van der Waals surface area (Å²) >= 11 is 1.35. The minimum atomic E-state index is -4.19. The summed E-state index contributed by atoms with van der Waals surface area (Å²) in [5, 5.41) is 17.3. The van der Waals surface area contributed by atoms with E-state index in [1.165, 1.54) is 36.0 Å². The zero-order valence-electron chi connectivity index (χ0n) is 21.4. The van der Waals surface area contributed by atoms with Gasteiger partial charge in [0.25, 0.3) is 5.91 Å². The molecule has 12 heteroatoms. The Morgan fingerprint density at radius 1 is 1.13 bits per heavy atom. The van der Waals surface area contributed by atoms with Crippen LogP contribution in [0.4, 0.5) is 0 Å². The van der Waals surface area contributed by atoms with Crippen molar-refractivity contribution in [2.75, 3.05) is 13.1 Å². The van der Waals surface area contributed by atoms with E-state index in [1.54, 1.807) is 6.07 Å². The lowest BCUT2D eigenvalue weighted by Gasteiger charge is -2.27. The Morgan fingerprint density at radius 2 is 1.89 bits per heavy atom. The molecule has 0 aromatic carbocycles. The van der Waals surface area contributed by atoms with E-state index in [-0.39, 0.29) is 23.6 Å². The number of amides is 2. The van der Waals surface area contributed by atoms with Crippen LogP contribution in [0.1, 0.15) is 65.9 Å². The van der Waals surface area contributed by atoms with Crippen molar-refractivity contribution in [2.45, 2.75) is 75.4 Å². The molecular weight excluding hydrogens is 528 g/mol. The van der Waals surface area contributed by atoms with Crippen LogP contribution in [0.25, 0.3) is 0 Å². The molecule has 1 saturated carbocycles. The number of thiophene rings is 1. The number of sulfonamides is 1. The third-order valence-electron chi connectivity index (χ3n) is 7.21. The van der Waals surface area contributed by atoms with Gasteiger partial charge in [-0.15, -0.1) is 11.3 Å². The summed E-state index contributed by atoms with van der Waals surface area (Å²) in [5.74, 6) is -0.908.